The molecule has 0 aromatic carbocycles. The minimum atomic E-state index is -2.02. The topological polar surface area (TPSA) is 56.5 Å². The average Bonchev–Trinajstić information content (AvgIpc) is 2.44. The molecule has 0 atom stereocenters. The lowest BCUT2D eigenvalue weighted by Crippen LogP contribution is -2.45. The van der Waals surface area contributed by atoms with E-state index in [1.54, 1.807) is 0 Å². The zero-order valence-corrected chi connectivity index (χ0v) is 14.9. The van der Waals surface area contributed by atoms with Gasteiger partial charge in [0.1, 0.15) is 0 Å². The SMILES string of the molecule is CCCCO[Si](CCC)(CCNCCN)OCCCC. The van der Waals surface area contributed by atoms with Crippen LogP contribution >= 0.6 is 0 Å². The van der Waals surface area contributed by atoms with Gasteiger partial charge in [-0.1, -0.05) is 40.0 Å². The van der Waals surface area contributed by atoms with E-state index in [1.165, 1.54) is 12.8 Å². The average molecular weight is 305 g/mol. The van der Waals surface area contributed by atoms with E-state index in [-0.39, 0.29) is 0 Å². The molecule has 0 aliphatic heterocycles. The largest absolute Gasteiger partial charge is 0.394 e. The molecule has 20 heavy (non-hydrogen) atoms. The van der Waals surface area contributed by atoms with E-state index >= 15 is 0 Å². The molecule has 0 aromatic heterocycles. The molecule has 0 aliphatic rings. The van der Waals surface area contributed by atoms with Crippen molar-refractivity contribution in [2.24, 2.45) is 5.73 Å². The molecule has 0 radical (unpaired) electrons. The number of nitrogens with two attached hydrogens (primary N) is 1. The molecule has 122 valence electrons. The Labute approximate surface area is 127 Å². The van der Waals surface area contributed by atoms with E-state index in [0.717, 1.165) is 57.7 Å². The third-order valence-electron chi connectivity index (χ3n) is 3.36. The van der Waals surface area contributed by atoms with Gasteiger partial charge in [-0.3, -0.25) is 0 Å². The van der Waals surface area contributed by atoms with Crippen molar-refractivity contribution in [2.45, 2.75) is 65.0 Å². The fourth-order valence-electron chi connectivity index (χ4n) is 2.15. The van der Waals surface area contributed by atoms with Crippen molar-refractivity contribution in [2.75, 3.05) is 32.8 Å². The van der Waals surface area contributed by atoms with E-state index in [0.29, 0.717) is 6.54 Å². The summed E-state index contributed by atoms with van der Waals surface area (Å²) in [5.74, 6) is 0. The Balaban J connectivity index is 4.37. The highest BCUT2D eigenvalue weighted by molar-refractivity contribution is 6.67. The second-order valence-electron chi connectivity index (χ2n) is 5.35. The van der Waals surface area contributed by atoms with Crippen molar-refractivity contribution >= 4 is 8.56 Å². The van der Waals surface area contributed by atoms with Gasteiger partial charge in [0.15, 0.2) is 0 Å². The van der Waals surface area contributed by atoms with Gasteiger partial charge < -0.3 is 19.9 Å². The first kappa shape index (κ1) is 20.1. The molecule has 0 saturated carbocycles. The van der Waals surface area contributed by atoms with E-state index in [1.807, 2.05) is 0 Å². The smallest absolute Gasteiger partial charge is 0.339 e. The molecule has 3 N–H and O–H groups in total. The van der Waals surface area contributed by atoms with Crippen LogP contribution < -0.4 is 11.1 Å². The Kier molecular flexibility index (Phi) is 14.1. The molecular weight excluding hydrogens is 268 g/mol. The summed E-state index contributed by atoms with van der Waals surface area (Å²) in [5.41, 5.74) is 5.52. The van der Waals surface area contributed by atoms with E-state index < -0.39 is 8.56 Å². The van der Waals surface area contributed by atoms with Crippen molar-refractivity contribution in [1.82, 2.24) is 5.32 Å². The number of hydrogen-bond acceptors (Lipinski definition) is 4. The standard InChI is InChI=1S/C15H36N2O2Si/c1-4-7-12-18-20(14-6-3,19-13-8-5-2)15-11-17-10-9-16/h17H,4-16H2,1-3H3. The maximum atomic E-state index is 6.28. The first-order chi connectivity index (χ1) is 9.74. The van der Waals surface area contributed by atoms with Crippen molar-refractivity contribution in [3.8, 4) is 0 Å². The predicted octanol–water partition coefficient (Wildman–Crippen LogP) is 3.02. The summed E-state index contributed by atoms with van der Waals surface area (Å²) in [6, 6.07) is 2.14. The third-order valence-corrected chi connectivity index (χ3v) is 7.09. The lowest BCUT2D eigenvalue weighted by Gasteiger charge is -2.31. The molecule has 4 nitrogen and oxygen atoms in total. The van der Waals surface area contributed by atoms with Crippen LogP contribution in [0.5, 0.6) is 0 Å². The summed E-state index contributed by atoms with van der Waals surface area (Å²) in [4.78, 5) is 0. The van der Waals surface area contributed by atoms with E-state index in [4.69, 9.17) is 14.6 Å². The van der Waals surface area contributed by atoms with Gasteiger partial charge in [-0.25, -0.2) is 0 Å². The lowest BCUT2D eigenvalue weighted by molar-refractivity contribution is 0.162. The van der Waals surface area contributed by atoms with Crippen molar-refractivity contribution in [1.29, 1.82) is 0 Å². The normalized spacial score (nSPS) is 12.0. The van der Waals surface area contributed by atoms with Gasteiger partial charge in [-0.2, -0.15) is 0 Å². The number of rotatable bonds is 15. The fraction of sp³-hybridized carbons (Fsp3) is 1.00. The summed E-state index contributed by atoms with van der Waals surface area (Å²) >= 11 is 0. The quantitative estimate of drug-likeness (QED) is 0.361. The summed E-state index contributed by atoms with van der Waals surface area (Å²) in [6.07, 6.45) is 5.76. The van der Waals surface area contributed by atoms with Gasteiger partial charge in [0.2, 0.25) is 0 Å². The Morgan fingerprint density at radius 2 is 1.45 bits per heavy atom. The van der Waals surface area contributed by atoms with Crippen LogP contribution in [-0.2, 0) is 8.85 Å². The molecule has 0 aliphatic carbocycles. The Hall–Kier alpha value is 0.0569. The summed E-state index contributed by atoms with van der Waals surface area (Å²) in [6.45, 7) is 10.9. The highest BCUT2D eigenvalue weighted by atomic mass is 28.4. The highest BCUT2D eigenvalue weighted by Crippen LogP contribution is 2.22. The molecule has 0 unspecified atom stereocenters. The zero-order valence-electron chi connectivity index (χ0n) is 13.9. The van der Waals surface area contributed by atoms with E-state index in [2.05, 4.69) is 26.1 Å². The van der Waals surface area contributed by atoms with Crippen LogP contribution in [0.4, 0.5) is 0 Å². The van der Waals surface area contributed by atoms with Crippen LogP contribution in [0.25, 0.3) is 0 Å². The number of hydrogen-bond donors (Lipinski definition) is 2. The molecule has 0 bridgehead atoms. The molecule has 0 aromatic rings. The number of nitrogens with one attached hydrogen (secondary N) is 1. The Morgan fingerprint density at radius 1 is 0.850 bits per heavy atom. The van der Waals surface area contributed by atoms with Crippen LogP contribution in [0, 0.1) is 0 Å². The zero-order chi connectivity index (χ0) is 15.1. The van der Waals surface area contributed by atoms with Crippen molar-refractivity contribution in [3.63, 3.8) is 0 Å². The molecule has 0 heterocycles. The number of unbranched alkanes of at least 4 members (excludes halogenated alkanes) is 2. The minimum Gasteiger partial charge on any atom is -0.394 e. The van der Waals surface area contributed by atoms with E-state index in [9.17, 15) is 0 Å². The van der Waals surface area contributed by atoms with Crippen molar-refractivity contribution in [3.05, 3.63) is 0 Å². The van der Waals surface area contributed by atoms with Gasteiger partial charge in [0, 0.05) is 32.3 Å². The van der Waals surface area contributed by atoms with Crippen LogP contribution in [0.1, 0.15) is 52.9 Å². The monoisotopic (exact) mass is 304 g/mol. The van der Waals surface area contributed by atoms with Crippen LogP contribution in [0.3, 0.4) is 0 Å². The van der Waals surface area contributed by atoms with Gasteiger partial charge in [0.25, 0.3) is 0 Å². The molecule has 0 spiro atoms. The molecule has 0 fully saturated rings. The van der Waals surface area contributed by atoms with Crippen molar-refractivity contribution < 1.29 is 8.85 Å². The van der Waals surface area contributed by atoms with Crippen LogP contribution in [0.15, 0.2) is 0 Å². The maximum Gasteiger partial charge on any atom is 0.339 e. The first-order valence-corrected chi connectivity index (χ1v) is 10.7. The maximum absolute atomic E-state index is 6.28. The lowest BCUT2D eigenvalue weighted by atomic mass is 10.4. The van der Waals surface area contributed by atoms with Gasteiger partial charge in [-0.15, -0.1) is 0 Å². The van der Waals surface area contributed by atoms with Gasteiger partial charge in [-0.05, 0) is 25.4 Å². The summed E-state index contributed by atoms with van der Waals surface area (Å²) in [5, 5.41) is 3.38. The van der Waals surface area contributed by atoms with Gasteiger partial charge >= 0.3 is 8.56 Å². The second kappa shape index (κ2) is 14.0. The predicted molar refractivity (Wildman–Crippen MR) is 89.3 cm³/mol. The molecule has 0 rings (SSSR count). The summed E-state index contributed by atoms with van der Waals surface area (Å²) < 4.78 is 12.6. The molecule has 5 heteroatoms. The fourth-order valence-corrected chi connectivity index (χ4v) is 5.41. The molecule has 0 amide bonds. The second-order valence-corrected chi connectivity index (χ2v) is 8.75. The molecule has 0 saturated heterocycles. The van der Waals surface area contributed by atoms with Crippen LogP contribution in [0.2, 0.25) is 12.1 Å². The van der Waals surface area contributed by atoms with Crippen LogP contribution in [-0.4, -0.2) is 41.4 Å². The van der Waals surface area contributed by atoms with Gasteiger partial charge in [0.05, 0.1) is 0 Å². The minimum absolute atomic E-state index is 0.690. The third kappa shape index (κ3) is 9.88. The Morgan fingerprint density at radius 3 is 1.90 bits per heavy atom. The molecular formula is C15H36N2O2Si. The Bertz CT molecular complexity index is 196. The highest BCUT2D eigenvalue weighted by Gasteiger charge is 2.35. The summed E-state index contributed by atoms with van der Waals surface area (Å²) in [7, 11) is -2.02. The first-order valence-electron chi connectivity index (χ1n) is 8.43.